The molecular weight excluding hydrogens is 1740 g/mol. The predicted molar refractivity (Wildman–Crippen MR) is 497 cm³/mol. The maximum atomic E-state index is 12.0. The maximum Gasteiger partial charge on any atom is 0.264 e. The van der Waals surface area contributed by atoms with Crippen molar-refractivity contribution in [1.82, 2.24) is 46.8 Å². The van der Waals surface area contributed by atoms with Crippen LogP contribution in [0.2, 0.25) is 0 Å². The molecule has 0 saturated heterocycles. The summed E-state index contributed by atoms with van der Waals surface area (Å²) < 4.78 is 48.9. The molecule has 6 aromatic carbocycles. The average Bonchev–Trinajstić information content (AvgIpc) is 1.72. The first-order valence-corrected chi connectivity index (χ1v) is 45.4. The van der Waals surface area contributed by atoms with Gasteiger partial charge in [0, 0.05) is 82.0 Å². The Balaban J connectivity index is 0.000000146. The molecule has 0 aliphatic heterocycles. The lowest BCUT2D eigenvalue weighted by Crippen LogP contribution is -2.20. The van der Waals surface area contributed by atoms with Crippen molar-refractivity contribution in [2.45, 2.75) is 76.2 Å². The van der Waals surface area contributed by atoms with Crippen LogP contribution in [0, 0.1) is 76.2 Å². The smallest absolute Gasteiger partial charge is 0.264 e. The number of hydrogen-bond acceptors (Lipinski definition) is 30. The lowest BCUT2D eigenvalue weighted by atomic mass is 10.2. The minimum absolute atomic E-state index is 0.0577. The SMILES string of the molecule is Cc1ccc(-c2nsc(NC(=O)COc3ccccc3C)n2)s1.Cc1ccc(-c2nsc(NC(=O)COc3ccccc3C)n2)s1.Cc1ccc(-c2nsc(NC(=O)COc3ccccc3C)n2)s1.Cc1ccc(-c2nsc(NC(=O)COc3ccccc3C)n2)s1.Cc1ccc(-c2nsc(NC(=O)COc3ccccc3C)n2)s1.Cc1ccccc1. The van der Waals surface area contributed by atoms with Gasteiger partial charge in [0.05, 0.1) is 24.4 Å². The summed E-state index contributed by atoms with van der Waals surface area (Å²) in [7, 11) is 0. The molecule has 35 heteroatoms. The molecular formula is C87H83N15O10S10. The highest BCUT2D eigenvalue weighted by Crippen LogP contribution is 2.34. The van der Waals surface area contributed by atoms with Crippen molar-refractivity contribution in [3.8, 4) is 82.3 Å². The molecule has 10 aromatic heterocycles. The second kappa shape index (κ2) is 46.1. The van der Waals surface area contributed by atoms with Crippen LogP contribution < -0.4 is 50.3 Å². The highest BCUT2D eigenvalue weighted by Gasteiger charge is 2.19. The van der Waals surface area contributed by atoms with Crippen LogP contribution in [0.4, 0.5) is 25.7 Å². The van der Waals surface area contributed by atoms with Gasteiger partial charge in [0.1, 0.15) is 28.7 Å². The monoisotopic (exact) mass is 1820 g/mol. The molecule has 0 aliphatic carbocycles. The third kappa shape index (κ3) is 29.1. The fourth-order valence-electron chi connectivity index (χ4n) is 10.3. The Labute approximate surface area is 745 Å². The van der Waals surface area contributed by atoms with Gasteiger partial charge >= 0.3 is 0 Å². The summed E-state index contributed by atoms with van der Waals surface area (Å²) in [6.45, 7) is 21.7. The van der Waals surface area contributed by atoms with Gasteiger partial charge in [0.15, 0.2) is 62.2 Å². The number of carbonyl (C=O) groups is 5. The van der Waals surface area contributed by atoms with E-state index in [0.29, 0.717) is 83.5 Å². The van der Waals surface area contributed by atoms with Crippen LogP contribution in [0.3, 0.4) is 0 Å². The van der Waals surface area contributed by atoms with Crippen molar-refractivity contribution in [2.24, 2.45) is 0 Å². The number of anilines is 5. The average molecular weight is 1820 g/mol. The third-order valence-electron chi connectivity index (χ3n) is 16.4. The molecule has 10 heterocycles. The van der Waals surface area contributed by atoms with E-state index in [4.69, 9.17) is 23.7 Å². The minimum Gasteiger partial charge on any atom is -0.483 e. The lowest BCUT2D eigenvalue weighted by molar-refractivity contribution is -0.118. The summed E-state index contributed by atoms with van der Waals surface area (Å²) in [6, 6.07) is 68.2. The van der Waals surface area contributed by atoms with Crippen molar-refractivity contribution >= 4 is 170 Å². The zero-order valence-electron chi connectivity index (χ0n) is 67.9. The van der Waals surface area contributed by atoms with Crippen molar-refractivity contribution in [3.63, 3.8) is 0 Å². The zero-order chi connectivity index (χ0) is 86.3. The quantitative estimate of drug-likeness (QED) is 0.0355. The largest absolute Gasteiger partial charge is 0.483 e. The molecule has 626 valence electrons. The minimum atomic E-state index is -0.252. The number of rotatable bonds is 25. The summed E-state index contributed by atoms with van der Waals surface area (Å²) in [5.41, 5.74) is 6.28. The maximum absolute atomic E-state index is 12.0. The van der Waals surface area contributed by atoms with E-state index in [2.05, 4.69) is 92.4 Å². The standard InChI is InChI=1S/5C16H15N3O2S2.C7H8/c5*1-10-5-3-4-6-12(10)21-9-14(20)17-16-18-15(19-23-16)13-8-7-11(2)22-13;1-7-5-3-2-4-6-7/h5*3-8H,9H2,1-2H3,(H,17,18,19,20);2-6H,1H3. The highest BCUT2D eigenvalue weighted by atomic mass is 32.1. The summed E-state index contributed by atoms with van der Waals surface area (Å²) in [5.74, 6) is 5.47. The molecule has 0 aliphatic rings. The van der Waals surface area contributed by atoms with E-state index in [-0.39, 0.29) is 62.6 Å². The molecule has 0 spiro atoms. The first-order chi connectivity index (χ1) is 59.0. The van der Waals surface area contributed by atoms with Crippen LogP contribution in [0.25, 0.3) is 53.5 Å². The Kier molecular flexibility index (Phi) is 34.3. The van der Waals surface area contributed by atoms with Crippen LogP contribution >= 0.6 is 114 Å². The molecule has 122 heavy (non-hydrogen) atoms. The predicted octanol–water partition coefficient (Wildman–Crippen LogP) is 21.5. The molecule has 5 amide bonds. The normalized spacial score (nSPS) is 10.4. The van der Waals surface area contributed by atoms with Gasteiger partial charge in [-0.25, -0.2) is 0 Å². The molecule has 16 rings (SSSR count). The Morgan fingerprint density at radius 3 is 0.574 bits per heavy atom. The summed E-state index contributed by atoms with van der Waals surface area (Å²) in [5, 5.41) is 16.0. The molecule has 0 bridgehead atoms. The summed E-state index contributed by atoms with van der Waals surface area (Å²) in [6.07, 6.45) is 0. The second-order valence-electron chi connectivity index (χ2n) is 26.3. The Morgan fingerprint density at radius 2 is 0.418 bits per heavy atom. The van der Waals surface area contributed by atoms with E-state index in [9.17, 15) is 24.0 Å². The number of nitrogens with one attached hydrogen (secondary N) is 5. The topological polar surface area (TPSA) is 321 Å². The molecule has 0 radical (unpaired) electrons. The number of benzene rings is 6. The summed E-state index contributed by atoms with van der Waals surface area (Å²) >= 11 is 14.0. The van der Waals surface area contributed by atoms with Crippen LogP contribution in [0.1, 0.15) is 57.8 Å². The van der Waals surface area contributed by atoms with Gasteiger partial charge in [-0.3, -0.25) is 50.6 Å². The van der Waals surface area contributed by atoms with E-state index in [1.807, 2.05) is 269 Å². The van der Waals surface area contributed by atoms with E-state index in [1.54, 1.807) is 56.7 Å². The number of hydrogen-bond donors (Lipinski definition) is 5. The van der Waals surface area contributed by atoms with Gasteiger partial charge in [-0.15, -0.1) is 56.7 Å². The van der Waals surface area contributed by atoms with E-state index >= 15 is 0 Å². The fraction of sp³-hybridized carbons (Fsp3) is 0.184. The number of carbonyl (C=O) groups excluding carboxylic acids is 5. The van der Waals surface area contributed by atoms with Crippen LogP contribution in [-0.4, -0.2) is 109 Å². The molecule has 5 N–H and O–H groups in total. The van der Waals surface area contributed by atoms with Gasteiger partial charge in [-0.05, 0) is 195 Å². The first kappa shape index (κ1) is 90.7. The number of amides is 5. The number of thiophene rings is 5. The van der Waals surface area contributed by atoms with Crippen LogP contribution in [-0.2, 0) is 24.0 Å². The van der Waals surface area contributed by atoms with Crippen molar-refractivity contribution < 1.29 is 47.7 Å². The first-order valence-electron chi connectivity index (χ1n) is 37.4. The zero-order valence-corrected chi connectivity index (χ0v) is 76.0. The van der Waals surface area contributed by atoms with Gasteiger partial charge in [0.25, 0.3) is 29.5 Å². The third-order valence-corrected chi connectivity index (χ3v) is 24.5. The number of aromatic nitrogens is 10. The molecule has 25 nitrogen and oxygen atoms in total. The Morgan fingerprint density at radius 1 is 0.238 bits per heavy atom. The number of para-hydroxylation sites is 5. The number of nitrogens with zero attached hydrogens (tertiary/aromatic N) is 10. The lowest BCUT2D eigenvalue weighted by Gasteiger charge is -2.07. The van der Waals surface area contributed by atoms with Crippen LogP contribution in [0.15, 0.2) is 212 Å². The molecule has 0 unspecified atom stereocenters. The Hall–Kier alpha value is -12.0. The van der Waals surface area contributed by atoms with Gasteiger partial charge in [0.2, 0.25) is 25.7 Å². The number of aryl methyl sites for hydroxylation is 11. The van der Waals surface area contributed by atoms with E-state index in [1.165, 1.54) is 29.9 Å². The molecule has 0 saturated carbocycles. The van der Waals surface area contributed by atoms with Crippen molar-refractivity contribution in [2.75, 3.05) is 59.6 Å². The van der Waals surface area contributed by atoms with Gasteiger partial charge < -0.3 is 23.7 Å². The molecule has 16 aromatic rings. The van der Waals surface area contributed by atoms with E-state index < -0.39 is 0 Å². The number of ether oxygens (including phenoxy) is 5. The molecule has 0 fully saturated rings. The van der Waals surface area contributed by atoms with Crippen molar-refractivity contribution in [3.05, 3.63) is 270 Å². The van der Waals surface area contributed by atoms with E-state index in [0.717, 1.165) is 110 Å². The van der Waals surface area contributed by atoms with Gasteiger partial charge in [-0.2, -0.15) is 46.8 Å². The fourth-order valence-corrected chi connectivity index (χ4v) is 17.6. The van der Waals surface area contributed by atoms with Gasteiger partial charge in [-0.1, -0.05) is 127 Å². The highest BCUT2D eigenvalue weighted by molar-refractivity contribution is 7.18. The summed E-state index contributed by atoms with van der Waals surface area (Å²) in [4.78, 5) is 92.4. The Bertz CT molecular complexity index is 5280. The van der Waals surface area contributed by atoms with Crippen LogP contribution in [0.5, 0.6) is 28.7 Å². The van der Waals surface area contributed by atoms with Crippen molar-refractivity contribution in [1.29, 1.82) is 0 Å². The second-order valence-corrected chi connectivity index (χ2v) is 36.5. The molecule has 0 atom stereocenters.